The summed E-state index contributed by atoms with van der Waals surface area (Å²) in [5.41, 5.74) is 0.433. The van der Waals surface area contributed by atoms with Crippen molar-refractivity contribution in [2.45, 2.75) is 56.2 Å². The molecule has 0 aromatic heterocycles. The number of benzene rings is 2. The molecule has 1 aliphatic rings. The van der Waals surface area contributed by atoms with Crippen LogP contribution in [0.5, 0.6) is 0 Å². The van der Waals surface area contributed by atoms with E-state index in [1.807, 2.05) is 0 Å². The minimum Gasteiger partial charge on any atom is -0.390 e. The third-order valence-electron chi connectivity index (χ3n) is 5.60. The lowest BCUT2D eigenvalue weighted by molar-refractivity contribution is 0.0438. The summed E-state index contributed by atoms with van der Waals surface area (Å²) < 4.78 is 28.2. The van der Waals surface area contributed by atoms with E-state index in [1.54, 1.807) is 24.3 Å². The molecule has 1 saturated heterocycles. The smallest absolute Gasteiger partial charge is 0.241 e. The summed E-state index contributed by atoms with van der Waals surface area (Å²) in [6, 6.07) is 12.8. The summed E-state index contributed by atoms with van der Waals surface area (Å²) >= 11 is 0. The van der Waals surface area contributed by atoms with Gasteiger partial charge in [-0.1, -0.05) is 30.7 Å². The second kappa shape index (κ2) is 8.58. The quantitative estimate of drug-likeness (QED) is 0.776. The van der Waals surface area contributed by atoms with Crippen molar-refractivity contribution in [3.63, 3.8) is 0 Å². The molecule has 1 aliphatic heterocycles. The summed E-state index contributed by atoms with van der Waals surface area (Å²) in [6.07, 6.45) is 2.59. The lowest BCUT2D eigenvalue weighted by atomic mass is 9.97. The first-order valence-electron chi connectivity index (χ1n) is 9.69. The van der Waals surface area contributed by atoms with Crippen LogP contribution in [-0.4, -0.2) is 49.7 Å². The molecule has 1 fully saturated rings. The lowest BCUT2D eigenvalue weighted by Gasteiger charge is -2.40. The number of sulfonamides is 1. The van der Waals surface area contributed by atoms with Crippen LogP contribution in [0.3, 0.4) is 0 Å². The Morgan fingerprint density at radius 2 is 1.82 bits per heavy atom. The lowest BCUT2D eigenvalue weighted by Crippen LogP contribution is -2.49. The Bertz CT molecular complexity index is 974. The standard InChI is InChI=1S/C21H27N3O3S/c1-15-6-5-7-16(2)24(15)14-18(25)13-23-28(26,27)21-11-10-17(12-22)19-8-3-4-9-20(19)21/h3-4,8-11,15-16,18,23,25H,5-7,13-14H2,1-2H3/t15-,16?,18+/m1/s1. The molecule has 0 aliphatic carbocycles. The first kappa shape index (κ1) is 20.7. The van der Waals surface area contributed by atoms with Crippen LogP contribution in [0.2, 0.25) is 0 Å². The predicted molar refractivity (Wildman–Crippen MR) is 109 cm³/mol. The van der Waals surface area contributed by atoms with Crippen LogP contribution in [0.1, 0.15) is 38.7 Å². The van der Waals surface area contributed by atoms with Gasteiger partial charge in [0.05, 0.1) is 22.6 Å². The Hall–Kier alpha value is -1.98. The molecule has 6 nitrogen and oxygen atoms in total. The van der Waals surface area contributed by atoms with E-state index >= 15 is 0 Å². The van der Waals surface area contributed by atoms with Crippen LogP contribution in [0.15, 0.2) is 41.3 Å². The summed E-state index contributed by atoms with van der Waals surface area (Å²) in [5, 5.41) is 20.8. The van der Waals surface area contributed by atoms with Gasteiger partial charge in [-0.3, -0.25) is 4.90 Å². The number of fused-ring (bicyclic) bond motifs is 1. The summed E-state index contributed by atoms with van der Waals surface area (Å²) in [5.74, 6) is 0. The number of likely N-dealkylation sites (tertiary alicyclic amines) is 1. The van der Waals surface area contributed by atoms with Crippen molar-refractivity contribution in [3.05, 3.63) is 42.0 Å². The van der Waals surface area contributed by atoms with Gasteiger partial charge in [0, 0.05) is 35.9 Å². The highest BCUT2D eigenvalue weighted by molar-refractivity contribution is 7.89. The fraction of sp³-hybridized carbons (Fsp3) is 0.476. The second-order valence-corrected chi connectivity index (χ2v) is 9.34. The zero-order valence-electron chi connectivity index (χ0n) is 16.3. The molecule has 0 spiro atoms. The molecule has 2 aromatic carbocycles. The van der Waals surface area contributed by atoms with Gasteiger partial charge in [-0.05, 0) is 38.8 Å². The molecule has 0 radical (unpaired) electrons. The maximum atomic E-state index is 12.9. The fourth-order valence-corrected chi connectivity index (χ4v) is 5.31. The van der Waals surface area contributed by atoms with E-state index in [9.17, 15) is 18.8 Å². The molecular weight excluding hydrogens is 374 g/mol. The molecule has 0 amide bonds. The van der Waals surface area contributed by atoms with Crippen molar-refractivity contribution in [1.29, 1.82) is 5.26 Å². The van der Waals surface area contributed by atoms with Gasteiger partial charge in [0.1, 0.15) is 0 Å². The summed E-state index contributed by atoms with van der Waals surface area (Å²) in [4.78, 5) is 2.37. The van der Waals surface area contributed by atoms with E-state index in [0.29, 0.717) is 35.0 Å². The van der Waals surface area contributed by atoms with Gasteiger partial charge in [-0.25, -0.2) is 13.1 Å². The monoisotopic (exact) mass is 401 g/mol. The highest BCUT2D eigenvalue weighted by atomic mass is 32.2. The number of β-amino-alcohol motifs (C(OH)–C–C–N with tert-alkyl or cyclic N) is 1. The number of nitrogens with zero attached hydrogens (tertiary/aromatic N) is 2. The van der Waals surface area contributed by atoms with E-state index in [2.05, 4.69) is 29.5 Å². The van der Waals surface area contributed by atoms with Crippen molar-refractivity contribution in [1.82, 2.24) is 9.62 Å². The highest BCUT2D eigenvalue weighted by Crippen LogP contribution is 2.26. The van der Waals surface area contributed by atoms with E-state index in [4.69, 9.17) is 0 Å². The van der Waals surface area contributed by atoms with Crippen molar-refractivity contribution in [2.24, 2.45) is 0 Å². The molecule has 150 valence electrons. The molecule has 3 atom stereocenters. The van der Waals surface area contributed by atoms with Gasteiger partial charge in [0.15, 0.2) is 0 Å². The average molecular weight is 402 g/mol. The largest absolute Gasteiger partial charge is 0.390 e. The highest BCUT2D eigenvalue weighted by Gasteiger charge is 2.27. The Labute approximate surface area is 166 Å². The number of aliphatic hydroxyl groups is 1. The average Bonchev–Trinajstić information content (AvgIpc) is 2.68. The maximum absolute atomic E-state index is 12.9. The van der Waals surface area contributed by atoms with E-state index < -0.39 is 16.1 Å². The molecule has 3 rings (SSSR count). The molecular formula is C21H27N3O3S. The number of hydrogen-bond acceptors (Lipinski definition) is 5. The topological polar surface area (TPSA) is 93.4 Å². The van der Waals surface area contributed by atoms with Crippen LogP contribution >= 0.6 is 0 Å². The van der Waals surface area contributed by atoms with Crippen LogP contribution in [0.25, 0.3) is 10.8 Å². The Morgan fingerprint density at radius 1 is 1.18 bits per heavy atom. The third-order valence-corrected chi connectivity index (χ3v) is 7.08. The van der Waals surface area contributed by atoms with Crippen LogP contribution < -0.4 is 4.72 Å². The Balaban J connectivity index is 1.74. The Morgan fingerprint density at radius 3 is 2.46 bits per heavy atom. The van der Waals surface area contributed by atoms with Gasteiger partial charge in [-0.2, -0.15) is 5.26 Å². The third kappa shape index (κ3) is 4.36. The SMILES string of the molecule is CC1CCC[C@@H](C)N1C[C@@H](O)CNS(=O)(=O)c1ccc(C#N)c2ccccc12. The molecule has 28 heavy (non-hydrogen) atoms. The summed E-state index contributed by atoms with van der Waals surface area (Å²) in [7, 11) is -3.81. The second-order valence-electron chi connectivity index (χ2n) is 7.60. The zero-order valence-corrected chi connectivity index (χ0v) is 17.1. The first-order chi connectivity index (χ1) is 13.3. The number of nitriles is 1. The molecule has 7 heteroatoms. The molecule has 1 unspecified atom stereocenters. The van der Waals surface area contributed by atoms with Gasteiger partial charge >= 0.3 is 0 Å². The fourth-order valence-electron chi connectivity index (χ4n) is 4.03. The van der Waals surface area contributed by atoms with Crippen molar-refractivity contribution in [3.8, 4) is 6.07 Å². The van der Waals surface area contributed by atoms with Gasteiger partial charge in [-0.15, -0.1) is 0 Å². The molecule has 0 saturated carbocycles. The maximum Gasteiger partial charge on any atom is 0.241 e. The van der Waals surface area contributed by atoms with Crippen molar-refractivity contribution < 1.29 is 13.5 Å². The first-order valence-corrected chi connectivity index (χ1v) is 11.2. The molecule has 2 aromatic rings. The van der Waals surface area contributed by atoms with Gasteiger partial charge in [0.2, 0.25) is 10.0 Å². The van der Waals surface area contributed by atoms with Crippen LogP contribution in [0, 0.1) is 11.3 Å². The Kier molecular flexibility index (Phi) is 6.36. The van der Waals surface area contributed by atoms with Gasteiger partial charge in [0.25, 0.3) is 0 Å². The van der Waals surface area contributed by atoms with Crippen molar-refractivity contribution in [2.75, 3.05) is 13.1 Å². The van der Waals surface area contributed by atoms with E-state index in [1.165, 1.54) is 18.6 Å². The number of hydrogen-bond donors (Lipinski definition) is 2. The number of rotatable bonds is 6. The normalized spacial score (nSPS) is 22.1. The zero-order chi connectivity index (χ0) is 20.3. The minimum absolute atomic E-state index is 0.0490. The number of piperidine rings is 1. The predicted octanol–water partition coefficient (Wildman–Crippen LogP) is 2.61. The van der Waals surface area contributed by atoms with Gasteiger partial charge < -0.3 is 5.11 Å². The van der Waals surface area contributed by atoms with Crippen molar-refractivity contribution >= 4 is 20.8 Å². The van der Waals surface area contributed by atoms with E-state index in [0.717, 1.165) is 12.8 Å². The minimum atomic E-state index is -3.81. The van der Waals surface area contributed by atoms with E-state index in [-0.39, 0.29) is 11.4 Å². The molecule has 1 heterocycles. The van der Waals surface area contributed by atoms with Crippen LogP contribution in [0.4, 0.5) is 0 Å². The number of nitrogens with one attached hydrogen (secondary N) is 1. The molecule has 0 bridgehead atoms. The van der Waals surface area contributed by atoms with Crippen LogP contribution in [-0.2, 0) is 10.0 Å². The summed E-state index contributed by atoms with van der Waals surface area (Å²) in [6.45, 7) is 4.69. The molecule has 2 N–H and O–H groups in total. The number of aliphatic hydroxyl groups excluding tert-OH is 1.